The molecule has 0 saturated carbocycles. The summed E-state index contributed by atoms with van der Waals surface area (Å²) in [5, 5.41) is 6.71. The summed E-state index contributed by atoms with van der Waals surface area (Å²) in [6.07, 6.45) is 0. The van der Waals surface area contributed by atoms with E-state index in [4.69, 9.17) is 44.6 Å². The Labute approximate surface area is 228 Å². The molecule has 4 aromatic carbocycles. The van der Waals surface area contributed by atoms with Crippen LogP contribution in [0.15, 0.2) is 95.4 Å². The first-order chi connectivity index (χ1) is 17.9. The van der Waals surface area contributed by atoms with Gasteiger partial charge in [0.25, 0.3) is 5.91 Å². The lowest BCUT2D eigenvalue weighted by molar-refractivity contribution is 0.0977. The number of hydrogen-bond donors (Lipinski definition) is 2. The highest BCUT2D eigenvalue weighted by Gasteiger charge is 2.13. The van der Waals surface area contributed by atoms with Gasteiger partial charge in [-0.3, -0.25) is 10.1 Å². The number of ether oxygens (including phenoxy) is 1. The van der Waals surface area contributed by atoms with Gasteiger partial charge >= 0.3 is 0 Å². The van der Waals surface area contributed by atoms with Crippen molar-refractivity contribution >= 4 is 63.2 Å². The molecule has 0 fully saturated rings. The zero-order chi connectivity index (χ0) is 25.8. The minimum Gasteiger partial charge on any atom is -0.489 e. The number of benzene rings is 4. The number of aromatic nitrogens is 1. The molecule has 0 aliphatic rings. The van der Waals surface area contributed by atoms with E-state index in [-0.39, 0.29) is 11.0 Å². The summed E-state index contributed by atoms with van der Waals surface area (Å²) in [5.74, 6) is 0.710. The number of amides is 1. The van der Waals surface area contributed by atoms with Crippen LogP contribution in [0.4, 0.5) is 5.69 Å². The van der Waals surface area contributed by atoms with Crippen LogP contribution in [0.2, 0.25) is 10.0 Å². The molecule has 0 radical (unpaired) electrons. The SMILES string of the molecule is O=C(NC(=S)Nc1cccc(-c2nc3cc(Cl)cc(Cl)c3o2)c1)c1ccc(OCc2ccccc2)cc1. The number of rotatable bonds is 6. The van der Waals surface area contributed by atoms with Gasteiger partial charge in [-0.25, -0.2) is 4.98 Å². The second-order valence-electron chi connectivity index (χ2n) is 8.04. The van der Waals surface area contributed by atoms with Crippen LogP contribution in [0.5, 0.6) is 5.75 Å². The summed E-state index contributed by atoms with van der Waals surface area (Å²) in [4.78, 5) is 17.1. The number of anilines is 1. The standard InChI is InChI=1S/C28H19Cl2N3O3S/c29-20-14-23(30)25-24(15-20)32-27(36-25)19-7-4-8-21(13-19)31-28(37)33-26(34)18-9-11-22(12-10-18)35-16-17-5-2-1-3-6-17/h1-15H,16H2,(H2,31,33,34,37). The lowest BCUT2D eigenvalue weighted by Gasteiger charge is -2.11. The van der Waals surface area contributed by atoms with Gasteiger partial charge in [0.05, 0.1) is 5.02 Å². The van der Waals surface area contributed by atoms with Crippen LogP contribution in [-0.4, -0.2) is 16.0 Å². The summed E-state index contributed by atoms with van der Waals surface area (Å²) in [6.45, 7) is 0.448. The number of carbonyl (C=O) groups excluding carboxylic acids is 1. The maximum Gasteiger partial charge on any atom is 0.257 e. The summed E-state index contributed by atoms with van der Waals surface area (Å²) >= 11 is 17.6. The number of oxazole rings is 1. The van der Waals surface area contributed by atoms with Crippen molar-refractivity contribution in [3.8, 4) is 17.2 Å². The zero-order valence-electron chi connectivity index (χ0n) is 19.2. The molecule has 1 aromatic heterocycles. The third-order valence-corrected chi connectivity index (χ3v) is 6.07. The van der Waals surface area contributed by atoms with Crippen LogP contribution >= 0.6 is 35.4 Å². The number of halogens is 2. The summed E-state index contributed by atoms with van der Waals surface area (Å²) < 4.78 is 11.6. The third kappa shape index (κ3) is 6.09. The van der Waals surface area contributed by atoms with Gasteiger partial charge in [0.1, 0.15) is 17.9 Å². The zero-order valence-corrected chi connectivity index (χ0v) is 21.5. The molecule has 0 spiro atoms. The Hall–Kier alpha value is -3.91. The first-order valence-electron chi connectivity index (χ1n) is 11.2. The van der Waals surface area contributed by atoms with Crippen molar-refractivity contribution in [2.45, 2.75) is 6.61 Å². The smallest absolute Gasteiger partial charge is 0.257 e. The molecule has 0 aliphatic heterocycles. The van der Waals surface area contributed by atoms with Crippen molar-refractivity contribution in [2.24, 2.45) is 0 Å². The van der Waals surface area contributed by atoms with Crippen molar-refractivity contribution in [3.63, 3.8) is 0 Å². The van der Waals surface area contributed by atoms with E-state index in [2.05, 4.69) is 15.6 Å². The molecule has 0 unspecified atom stereocenters. The molecule has 1 heterocycles. The van der Waals surface area contributed by atoms with E-state index in [1.54, 1.807) is 42.5 Å². The molecule has 2 N–H and O–H groups in total. The highest BCUT2D eigenvalue weighted by molar-refractivity contribution is 7.80. The highest BCUT2D eigenvalue weighted by atomic mass is 35.5. The Morgan fingerprint density at radius 2 is 1.73 bits per heavy atom. The molecule has 0 atom stereocenters. The van der Waals surface area contributed by atoms with Crippen molar-refractivity contribution < 1.29 is 13.9 Å². The van der Waals surface area contributed by atoms with Gasteiger partial charge in [0.15, 0.2) is 10.7 Å². The van der Waals surface area contributed by atoms with E-state index < -0.39 is 0 Å². The van der Waals surface area contributed by atoms with Gasteiger partial charge in [-0.05, 0) is 72.4 Å². The minimum absolute atomic E-state index is 0.152. The second kappa shape index (κ2) is 11.0. The molecule has 0 aliphatic carbocycles. The molecule has 37 heavy (non-hydrogen) atoms. The van der Waals surface area contributed by atoms with E-state index in [1.165, 1.54) is 0 Å². The fourth-order valence-electron chi connectivity index (χ4n) is 3.59. The van der Waals surface area contributed by atoms with Crippen molar-refractivity contribution in [1.29, 1.82) is 0 Å². The first-order valence-corrected chi connectivity index (χ1v) is 12.4. The number of thiocarbonyl (C=S) groups is 1. The number of nitrogens with one attached hydrogen (secondary N) is 2. The maximum absolute atomic E-state index is 12.7. The number of carbonyl (C=O) groups is 1. The van der Waals surface area contributed by atoms with Crippen LogP contribution in [0.25, 0.3) is 22.6 Å². The molecule has 0 bridgehead atoms. The van der Waals surface area contributed by atoms with Crippen LogP contribution in [0.3, 0.4) is 0 Å². The van der Waals surface area contributed by atoms with Gasteiger partial charge in [-0.1, -0.05) is 59.6 Å². The second-order valence-corrected chi connectivity index (χ2v) is 9.29. The molecule has 0 saturated heterocycles. The Bertz CT molecular complexity index is 1590. The lowest BCUT2D eigenvalue weighted by Crippen LogP contribution is -2.34. The van der Waals surface area contributed by atoms with Crippen LogP contribution in [0.1, 0.15) is 15.9 Å². The number of nitrogens with zero attached hydrogens (tertiary/aromatic N) is 1. The van der Waals surface area contributed by atoms with E-state index in [9.17, 15) is 4.79 Å². The van der Waals surface area contributed by atoms with Gasteiger partial charge in [-0.2, -0.15) is 0 Å². The molecule has 5 rings (SSSR count). The van der Waals surface area contributed by atoms with E-state index >= 15 is 0 Å². The van der Waals surface area contributed by atoms with Crippen LogP contribution in [-0.2, 0) is 6.61 Å². The van der Waals surface area contributed by atoms with E-state index in [0.29, 0.717) is 56.2 Å². The monoisotopic (exact) mass is 547 g/mol. The summed E-state index contributed by atoms with van der Waals surface area (Å²) in [5.41, 5.74) is 3.89. The maximum atomic E-state index is 12.7. The van der Waals surface area contributed by atoms with Gasteiger partial charge in [0, 0.05) is 21.8 Å². The Morgan fingerprint density at radius 1 is 0.946 bits per heavy atom. The largest absolute Gasteiger partial charge is 0.489 e. The average Bonchev–Trinajstić information content (AvgIpc) is 3.33. The predicted octanol–water partition coefficient (Wildman–Crippen LogP) is 7.51. The molecule has 184 valence electrons. The van der Waals surface area contributed by atoms with Gasteiger partial charge < -0.3 is 14.5 Å². The fraction of sp³-hybridized carbons (Fsp3) is 0.0357. The highest BCUT2D eigenvalue weighted by Crippen LogP contribution is 2.32. The molecular formula is C28H19Cl2N3O3S. The van der Waals surface area contributed by atoms with E-state index in [1.807, 2.05) is 48.5 Å². The topological polar surface area (TPSA) is 76.4 Å². The first kappa shape index (κ1) is 24.8. The number of hydrogen-bond acceptors (Lipinski definition) is 5. The van der Waals surface area contributed by atoms with Crippen LogP contribution < -0.4 is 15.4 Å². The normalized spacial score (nSPS) is 10.8. The lowest BCUT2D eigenvalue weighted by atomic mass is 10.2. The molecule has 5 aromatic rings. The van der Waals surface area contributed by atoms with Crippen molar-refractivity contribution in [1.82, 2.24) is 10.3 Å². The van der Waals surface area contributed by atoms with Crippen LogP contribution in [0, 0.1) is 0 Å². The summed E-state index contributed by atoms with van der Waals surface area (Å²) in [6, 6.07) is 27.3. The quantitative estimate of drug-likeness (QED) is 0.214. The Morgan fingerprint density at radius 3 is 2.51 bits per heavy atom. The van der Waals surface area contributed by atoms with Gasteiger partial charge in [0.2, 0.25) is 5.89 Å². The number of fused-ring (bicyclic) bond motifs is 1. The third-order valence-electron chi connectivity index (χ3n) is 5.37. The molecular weight excluding hydrogens is 529 g/mol. The molecule has 6 nitrogen and oxygen atoms in total. The average molecular weight is 548 g/mol. The predicted molar refractivity (Wildman–Crippen MR) is 150 cm³/mol. The molecule has 1 amide bonds. The van der Waals surface area contributed by atoms with Crippen molar-refractivity contribution in [2.75, 3.05) is 5.32 Å². The van der Waals surface area contributed by atoms with Crippen molar-refractivity contribution in [3.05, 3.63) is 112 Å². The fourth-order valence-corrected chi connectivity index (χ4v) is 4.33. The molecule has 9 heteroatoms. The Balaban J connectivity index is 1.20. The van der Waals surface area contributed by atoms with E-state index in [0.717, 1.165) is 5.56 Å². The van der Waals surface area contributed by atoms with Gasteiger partial charge in [-0.15, -0.1) is 0 Å². The Kier molecular flexibility index (Phi) is 7.37. The minimum atomic E-state index is -0.339. The summed E-state index contributed by atoms with van der Waals surface area (Å²) in [7, 11) is 0.